The third-order valence-electron chi connectivity index (χ3n) is 4.45. The average molecular weight is 470 g/mol. The number of hydrogen-bond donors (Lipinski definition) is 1. The van der Waals surface area contributed by atoms with Crippen molar-refractivity contribution in [2.75, 3.05) is 18.5 Å². The normalized spacial score (nSPS) is 10.5. The number of carbonyl (C=O) groups excluding carboxylic acids is 3. The molecule has 1 aromatic carbocycles. The van der Waals surface area contributed by atoms with Gasteiger partial charge in [-0.05, 0) is 25.0 Å². The van der Waals surface area contributed by atoms with Crippen molar-refractivity contribution in [3.63, 3.8) is 0 Å². The summed E-state index contributed by atoms with van der Waals surface area (Å²) in [6.45, 7) is 3.53. The summed E-state index contributed by atoms with van der Waals surface area (Å²) in [5.41, 5.74) is 1.27. The zero-order chi connectivity index (χ0) is 23.8. The largest absolute Gasteiger partial charge is 0.462 e. The Bertz CT molecular complexity index is 1200. The SMILES string of the molecule is CCCn1nc(C(=O)OCC(=O)Nc2scc(-c3ccccc3)c2C(=O)OCC)ccc1=O. The second-order valence-corrected chi connectivity index (χ2v) is 7.72. The van der Waals surface area contributed by atoms with Crippen LogP contribution in [0, 0.1) is 0 Å². The molecule has 0 aliphatic rings. The number of carbonyl (C=O) groups is 3. The Kier molecular flexibility index (Phi) is 8.09. The van der Waals surface area contributed by atoms with Crippen LogP contribution in [-0.2, 0) is 20.8 Å². The molecule has 2 heterocycles. The third kappa shape index (κ3) is 5.92. The predicted octanol–water partition coefficient (Wildman–Crippen LogP) is 3.35. The van der Waals surface area contributed by atoms with E-state index in [0.29, 0.717) is 23.5 Å². The highest BCUT2D eigenvalue weighted by atomic mass is 32.1. The van der Waals surface area contributed by atoms with Gasteiger partial charge in [0.05, 0.1) is 6.61 Å². The first kappa shape index (κ1) is 23.9. The van der Waals surface area contributed by atoms with E-state index in [1.54, 1.807) is 12.3 Å². The number of thiophene rings is 1. The van der Waals surface area contributed by atoms with E-state index < -0.39 is 24.5 Å². The lowest BCUT2D eigenvalue weighted by atomic mass is 10.0. The Morgan fingerprint density at radius 3 is 2.48 bits per heavy atom. The molecular formula is C23H23N3O6S. The number of esters is 2. The van der Waals surface area contributed by atoms with Crippen LogP contribution < -0.4 is 10.9 Å². The first-order valence-electron chi connectivity index (χ1n) is 10.3. The van der Waals surface area contributed by atoms with Gasteiger partial charge in [0.2, 0.25) is 0 Å². The highest BCUT2D eigenvalue weighted by molar-refractivity contribution is 7.15. The molecule has 2 aromatic heterocycles. The highest BCUT2D eigenvalue weighted by Crippen LogP contribution is 2.36. The first-order chi connectivity index (χ1) is 15.9. The molecule has 0 saturated heterocycles. The van der Waals surface area contributed by atoms with Crippen LogP contribution in [-0.4, -0.2) is 40.8 Å². The van der Waals surface area contributed by atoms with Crippen LogP contribution in [0.15, 0.2) is 52.6 Å². The maximum atomic E-state index is 12.6. The zero-order valence-corrected chi connectivity index (χ0v) is 19.0. The van der Waals surface area contributed by atoms with Crippen LogP contribution in [0.3, 0.4) is 0 Å². The molecule has 33 heavy (non-hydrogen) atoms. The van der Waals surface area contributed by atoms with E-state index in [1.165, 1.54) is 28.2 Å². The molecule has 172 valence electrons. The minimum absolute atomic E-state index is 0.0782. The molecular weight excluding hydrogens is 446 g/mol. The van der Waals surface area contributed by atoms with Crippen LogP contribution in [0.4, 0.5) is 5.00 Å². The van der Waals surface area contributed by atoms with E-state index >= 15 is 0 Å². The van der Waals surface area contributed by atoms with Crippen molar-refractivity contribution in [3.8, 4) is 11.1 Å². The van der Waals surface area contributed by atoms with Gasteiger partial charge in [-0.3, -0.25) is 9.59 Å². The lowest BCUT2D eigenvalue weighted by molar-refractivity contribution is -0.119. The summed E-state index contributed by atoms with van der Waals surface area (Å²) in [5.74, 6) is -2.03. The molecule has 10 heteroatoms. The quantitative estimate of drug-likeness (QED) is 0.478. The molecule has 0 saturated carbocycles. The molecule has 0 fully saturated rings. The summed E-state index contributed by atoms with van der Waals surface area (Å²) in [7, 11) is 0. The number of rotatable bonds is 9. The van der Waals surface area contributed by atoms with Crippen molar-refractivity contribution in [2.24, 2.45) is 0 Å². The summed E-state index contributed by atoms with van der Waals surface area (Å²) in [6, 6.07) is 11.7. The molecule has 0 unspecified atom stereocenters. The number of amides is 1. The summed E-state index contributed by atoms with van der Waals surface area (Å²) < 4.78 is 11.4. The van der Waals surface area contributed by atoms with Gasteiger partial charge in [-0.1, -0.05) is 37.3 Å². The van der Waals surface area contributed by atoms with Crippen molar-refractivity contribution >= 4 is 34.2 Å². The fraction of sp³-hybridized carbons (Fsp3) is 0.261. The summed E-state index contributed by atoms with van der Waals surface area (Å²) in [4.78, 5) is 49.0. The number of hydrogen-bond acceptors (Lipinski definition) is 8. The molecule has 0 radical (unpaired) electrons. The van der Waals surface area contributed by atoms with Crippen molar-refractivity contribution in [2.45, 2.75) is 26.8 Å². The maximum absolute atomic E-state index is 12.6. The Morgan fingerprint density at radius 2 is 1.79 bits per heavy atom. The Morgan fingerprint density at radius 1 is 1.03 bits per heavy atom. The summed E-state index contributed by atoms with van der Waals surface area (Å²) >= 11 is 1.17. The van der Waals surface area contributed by atoms with E-state index in [9.17, 15) is 19.2 Å². The fourth-order valence-corrected chi connectivity index (χ4v) is 3.96. The second-order valence-electron chi connectivity index (χ2n) is 6.84. The van der Waals surface area contributed by atoms with Gasteiger partial charge in [0.15, 0.2) is 12.3 Å². The molecule has 3 rings (SSSR count). The van der Waals surface area contributed by atoms with Gasteiger partial charge in [0.25, 0.3) is 11.5 Å². The standard InChI is InChI=1S/C23H23N3O6S/c1-3-12-26-19(28)11-10-17(25-26)22(29)32-13-18(27)24-21-20(23(30)31-4-2)16(14-33-21)15-8-6-5-7-9-15/h5-11,14H,3-4,12-13H2,1-2H3,(H,24,27). The van der Waals surface area contributed by atoms with E-state index in [0.717, 1.165) is 5.56 Å². The highest BCUT2D eigenvalue weighted by Gasteiger charge is 2.23. The van der Waals surface area contributed by atoms with Gasteiger partial charge in [-0.15, -0.1) is 11.3 Å². The summed E-state index contributed by atoms with van der Waals surface area (Å²) in [6.07, 6.45) is 0.669. The zero-order valence-electron chi connectivity index (χ0n) is 18.2. The Hall–Kier alpha value is -3.79. The van der Waals surface area contributed by atoms with E-state index in [1.807, 2.05) is 37.3 Å². The molecule has 0 aliphatic carbocycles. The summed E-state index contributed by atoms with van der Waals surface area (Å²) in [5, 5.41) is 8.62. The van der Waals surface area contributed by atoms with Gasteiger partial charge in [-0.25, -0.2) is 14.3 Å². The number of ether oxygens (including phenoxy) is 2. The van der Waals surface area contributed by atoms with Crippen molar-refractivity contribution in [1.82, 2.24) is 9.78 Å². The molecule has 0 aliphatic heterocycles. The van der Waals surface area contributed by atoms with Crippen molar-refractivity contribution < 1.29 is 23.9 Å². The van der Waals surface area contributed by atoms with Gasteiger partial charge >= 0.3 is 11.9 Å². The number of nitrogens with zero attached hydrogens (tertiary/aromatic N) is 2. The van der Waals surface area contributed by atoms with Crippen LogP contribution >= 0.6 is 11.3 Å². The van der Waals surface area contributed by atoms with Crippen molar-refractivity contribution in [3.05, 3.63) is 69.5 Å². The number of nitrogens with one attached hydrogen (secondary N) is 1. The minimum Gasteiger partial charge on any atom is -0.462 e. The van der Waals surface area contributed by atoms with Gasteiger partial charge in [-0.2, -0.15) is 5.10 Å². The van der Waals surface area contributed by atoms with E-state index in [-0.39, 0.29) is 23.4 Å². The molecule has 3 aromatic rings. The molecule has 1 N–H and O–H groups in total. The number of benzene rings is 1. The lowest BCUT2D eigenvalue weighted by Gasteiger charge is -2.09. The number of aromatic nitrogens is 2. The van der Waals surface area contributed by atoms with Crippen LogP contribution in [0.2, 0.25) is 0 Å². The third-order valence-corrected chi connectivity index (χ3v) is 5.35. The van der Waals surface area contributed by atoms with E-state index in [4.69, 9.17) is 9.47 Å². The number of anilines is 1. The first-order valence-corrected chi connectivity index (χ1v) is 11.2. The van der Waals surface area contributed by atoms with Crippen molar-refractivity contribution in [1.29, 1.82) is 0 Å². The van der Waals surface area contributed by atoms with Gasteiger partial charge in [0.1, 0.15) is 10.6 Å². The van der Waals surface area contributed by atoms with Gasteiger partial charge in [0, 0.05) is 23.6 Å². The predicted molar refractivity (Wildman–Crippen MR) is 123 cm³/mol. The monoisotopic (exact) mass is 469 g/mol. The van der Waals surface area contributed by atoms with E-state index in [2.05, 4.69) is 10.4 Å². The van der Waals surface area contributed by atoms with Crippen LogP contribution in [0.5, 0.6) is 0 Å². The smallest absolute Gasteiger partial charge is 0.359 e. The molecule has 0 bridgehead atoms. The molecule has 9 nitrogen and oxygen atoms in total. The second kappa shape index (κ2) is 11.2. The van der Waals surface area contributed by atoms with Crippen LogP contribution in [0.25, 0.3) is 11.1 Å². The Balaban J connectivity index is 1.72. The molecule has 0 atom stereocenters. The van der Waals surface area contributed by atoms with Crippen LogP contribution in [0.1, 0.15) is 41.1 Å². The lowest BCUT2D eigenvalue weighted by Crippen LogP contribution is -2.26. The fourth-order valence-electron chi connectivity index (χ4n) is 2.98. The molecule has 0 spiro atoms. The topological polar surface area (TPSA) is 117 Å². The maximum Gasteiger partial charge on any atom is 0.359 e. The molecule has 1 amide bonds. The van der Waals surface area contributed by atoms with Gasteiger partial charge < -0.3 is 14.8 Å². The minimum atomic E-state index is -0.836. The average Bonchev–Trinajstić information content (AvgIpc) is 3.23. The Labute approximate surface area is 194 Å². The number of aryl methyl sites for hydroxylation is 1.